The second kappa shape index (κ2) is 2.02. The molecule has 0 saturated heterocycles. The second-order valence-electron chi connectivity index (χ2n) is 2.10. The number of rotatable bonds is 0. The monoisotopic (exact) mass is 150 g/mol. The Bertz CT molecular complexity index is 353. The van der Waals surface area contributed by atoms with Gasteiger partial charge in [-0.25, -0.2) is 4.98 Å². The molecule has 1 aromatic heterocycles. The molecule has 0 fully saturated rings. The number of H-pyrrole nitrogens is 1. The van der Waals surface area contributed by atoms with Gasteiger partial charge in [0.05, 0.1) is 17.4 Å². The number of aromatic amines is 1. The van der Waals surface area contributed by atoms with E-state index in [1.165, 1.54) is 0 Å². The molecule has 10 heavy (non-hydrogen) atoms. The fourth-order valence-corrected chi connectivity index (χ4v) is 1.12. The van der Waals surface area contributed by atoms with Crippen LogP contribution in [-0.2, 0) is 0 Å². The first-order valence-electron chi connectivity index (χ1n) is 2.98. The van der Waals surface area contributed by atoms with E-state index in [0.717, 1.165) is 15.9 Å². The Kier molecular flexibility index (Phi) is 1.17. The number of nitrogens with zero attached hydrogens (tertiary/aromatic N) is 1. The Morgan fingerprint density at radius 3 is 3.20 bits per heavy atom. The molecule has 0 saturated carbocycles. The van der Waals surface area contributed by atoms with Gasteiger partial charge in [-0.2, -0.15) is 0 Å². The summed E-state index contributed by atoms with van der Waals surface area (Å²) in [6.07, 6.45) is 1.68. The van der Waals surface area contributed by atoms with Crippen molar-refractivity contribution in [3.05, 3.63) is 24.5 Å². The van der Waals surface area contributed by atoms with E-state index in [-0.39, 0.29) is 0 Å². The second-order valence-corrected chi connectivity index (χ2v) is 2.62. The summed E-state index contributed by atoms with van der Waals surface area (Å²) in [6.45, 7) is 0. The maximum atomic E-state index is 4.18. The molecule has 2 rings (SSSR count). The van der Waals surface area contributed by atoms with E-state index >= 15 is 0 Å². The van der Waals surface area contributed by atoms with Gasteiger partial charge in [0.1, 0.15) is 0 Å². The molecule has 50 valence electrons. The number of benzene rings is 1. The summed E-state index contributed by atoms with van der Waals surface area (Å²) in [4.78, 5) is 8.02. The van der Waals surface area contributed by atoms with Gasteiger partial charge in [-0.3, -0.25) is 0 Å². The summed E-state index contributed by atoms with van der Waals surface area (Å²) in [5.74, 6) is 0. The first-order valence-corrected chi connectivity index (χ1v) is 3.43. The lowest BCUT2D eigenvalue weighted by Gasteiger charge is -1.88. The van der Waals surface area contributed by atoms with Crippen LogP contribution in [0.1, 0.15) is 0 Å². The Balaban J connectivity index is 2.86. The van der Waals surface area contributed by atoms with Gasteiger partial charge in [0, 0.05) is 4.90 Å². The van der Waals surface area contributed by atoms with E-state index in [1.807, 2.05) is 18.2 Å². The van der Waals surface area contributed by atoms with Crippen LogP contribution >= 0.6 is 12.6 Å². The van der Waals surface area contributed by atoms with Gasteiger partial charge >= 0.3 is 0 Å². The van der Waals surface area contributed by atoms with E-state index in [9.17, 15) is 0 Å². The molecule has 1 N–H and O–H groups in total. The molecule has 0 atom stereocenters. The molecular formula is C7H6N2S. The molecule has 0 spiro atoms. The van der Waals surface area contributed by atoms with Crippen molar-refractivity contribution >= 4 is 23.7 Å². The zero-order valence-electron chi connectivity index (χ0n) is 5.20. The summed E-state index contributed by atoms with van der Waals surface area (Å²) in [5.41, 5.74) is 2.02. The van der Waals surface area contributed by atoms with Crippen molar-refractivity contribution < 1.29 is 0 Å². The third kappa shape index (κ3) is 0.789. The third-order valence-electron chi connectivity index (χ3n) is 1.41. The highest BCUT2D eigenvalue weighted by Gasteiger charge is 1.93. The fraction of sp³-hybridized carbons (Fsp3) is 0. The maximum Gasteiger partial charge on any atom is 0.0931 e. The van der Waals surface area contributed by atoms with Gasteiger partial charge < -0.3 is 4.98 Å². The number of aromatic nitrogens is 2. The number of hydrogen-bond acceptors (Lipinski definition) is 2. The van der Waals surface area contributed by atoms with Crippen LogP contribution in [0, 0.1) is 0 Å². The molecule has 0 bridgehead atoms. The first-order chi connectivity index (χ1) is 4.86. The van der Waals surface area contributed by atoms with E-state index in [0.29, 0.717) is 0 Å². The minimum Gasteiger partial charge on any atom is -0.345 e. The molecule has 2 aromatic rings. The number of fused-ring (bicyclic) bond motifs is 1. The lowest BCUT2D eigenvalue weighted by molar-refractivity contribution is 1.34. The molecule has 3 heteroatoms. The Labute approximate surface area is 63.7 Å². The molecule has 0 amide bonds. The van der Waals surface area contributed by atoms with Crippen molar-refractivity contribution in [3.8, 4) is 0 Å². The van der Waals surface area contributed by atoms with Crippen LogP contribution in [-0.4, -0.2) is 9.97 Å². The number of hydrogen-bond donors (Lipinski definition) is 2. The molecule has 0 aliphatic carbocycles. The van der Waals surface area contributed by atoms with Crippen LogP contribution in [0.3, 0.4) is 0 Å². The fourth-order valence-electron chi connectivity index (χ4n) is 0.920. The lowest BCUT2D eigenvalue weighted by atomic mass is 10.3. The van der Waals surface area contributed by atoms with Crippen LogP contribution < -0.4 is 0 Å². The van der Waals surface area contributed by atoms with Crippen LogP contribution in [0.25, 0.3) is 11.0 Å². The van der Waals surface area contributed by atoms with Crippen LogP contribution in [0.5, 0.6) is 0 Å². The summed E-state index contributed by atoms with van der Waals surface area (Å²) >= 11 is 4.18. The Morgan fingerprint density at radius 2 is 2.30 bits per heavy atom. The van der Waals surface area contributed by atoms with Crippen LogP contribution in [0.4, 0.5) is 0 Å². The standard InChI is InChI=1S/C7H6N2S/c10-5-1-2-6-7(3-5)9-4-8-6/h1-4,10H,(H,8,9). The van der Waals surface area contributed by atoms with E-state index in [1.54, 1.807) is 6.33 Å². The van der Waals surface area contributed by atoms with Crippen molar-refractivity contribution in [2.24, 2.45) is 0 Å². The average Bonchev–Trinajstić information content (AvgIpc) is 2.33. The van der Waals surface area contributed by atoms with Gasteiger partial charge in [0.15, 0.2) is 0 Å². The summed E-state index contributed by atoms with van der Waals surface area (Å²) in [5, 5.41) is 0. The smallest absolute Gasteiger partial charge is 0.0931 e. The normalized spacial score (nSPS) is 10.5. The summed E-state index contributed by atoms with van der Waals surface area (Å²) in [6, 6.07) is 5.82. The predicted octanol–water partition coefficient (Wildman–Crippen LogP) is 1.85. The highest BCUT2D eigenvalue weighted by Crippen LogP contribution is 2.13. The minimum atomic E-state index is 0.944. The molecule has 0 aliphatic rings. The largest absolute Gasteiger partial charge is 0.345 e. The summed E-state index contributed by atoms with van der Waals surface area (Å²) < 4.78 is 0. The lowest BCUT2D eigenvalue weighted by Crippen LogP contribution is -1.68. The zero-order valence-corrected chi connectivity index (χ0v) is 6.10. The Hall–Kier alpha value is -0.960. The van der Waals surface area contributed by atoms with Gasteiger partial charge in [0.25, 0.3) is 0 Å². The SMILES string of the molecule is Sc1ccc2[nH]cnc2c1. The third-order valence-corrected chi connectivity index (χ3v) is 1.68. The van der Waals surface area contributed by atoms with Crippen LogP contribution in [0.2, 0.25) is 0 Å². The average molecular weight is 150 g/mol. The highest BCUT2D eigenvalue weighted by atomic mass is 32.1. The maximum absolute atomic E-state index is 4.18. The topological polar surface area (TPSA) is 28.7 Å². The predicted molar refractivity (Wildman–Crippen MR) is 43.3 cm³/mol. The molecule has 0 aliphatic heterocycles. The number of nitrogens with one attached hydrogen (secondary N) is 1. The van der Waals surface area contributed by atoms with Gasteiger partial charge in [-0.05, 0) is 18.2 Å². The van der Waals surface area contributed by atoms with E-state index in [4.69, 9.17) is 0 Å². The molecule has 1 heterocycles. The zero-order chi connectivity index (χ0) is 6.97. The highest BCUT2D eigenvalue weighted by molar-refractivity contribution is 7.80. The van der Waals surface area contributed by atoms with Gasteiger partial charge in [-0.15, -0.1) is 12.6 Å². The molecule has 0 radical (unpaired) electrons. The molecule has 0 unspecified atom stereocenters. The van der Waals surface area contributed by atoms with Crippen molar-refractivity contribution in [3.63, 3.8) is 0 Å². The number of imidazole rings is 1. The molecule has 1 aromatic carbocycles. The molecular weight excluding hydrogens is 144 g/mol. The van der Waals surface area contributed by atoms with Crippen molar-refractivity contribution in [1.82, 2.24) is 9.97 Å². The van der Waals surface area contributed by atoms with Crippen LogP contribution in [0.15, 0.2) is 29.4 Å². The summed E-state index contributed by atoms with van der Waals surface area (Å²) in [7, 11) is 0. The first kappa shape index (κ1) is 5.80. The minimum absolute atomic E-state index is 0.944. The van der Waals surface area contributed by atoms with Crippen molar-refractivity contribution in [1.29, 1.82) is 0 Å². The van der Waals surface area contributed by atoms with E-state index < -0.39 is 0 Å². The number of thiol groups is 1. The van der Waals surface area contributed by atoms with Gasteiger partial charge in [-0.1, -0.05) is 0 Å². The quantitative estimate of drug-likeness (QED) is 0.551. The van der Waals surface area contributed by atoms with Crippen molar-refractivity contribution in [2.45, 2.75) is 4.90 Å². The van der Waals surface area contributed by atoms with Gasteiger partial charge in [0.2, 0.25) is 0 Å². The van der Waals surface area contributed by atoms with E-state index in [2.05, 4.69) is 22.6 Å². The van der Waals surface area contributed by atoms with Crippen molar-refractivity contribution in [2.75, 3.05) is 0 Å². The Morgan fingerprint density at radius 1 is 1.40 bits per heavy atom. The molecule has 2 nitrogen and oxygen atoms in total.